The lowest BCUT2D eigenvalue weighted by Gasteiger charge is -2.22. The number of thiazole rings is 1. The quantitative estimate of drug-likeness (QED) is 0.371. The minimum atomic E-state index is -0.787. The predicted molar refractivity (Wildman–Crippen MR) is 132 cm³/mol. The van der Waals surface area contributed by atoms with Crippen LogP contribution in [0.3, 0.4) is 0 Å². The first-order chi connectivity index (χ1) is 16.8. The highest BCUT2D eigenvalue weighted by atomic mass is 32.1. The number of methoxy groups -OCH3 is 1. The van der Waals surface area contributed by atoms with Crippen molar-refractivity contribution in [2.45, 2.75) is 26.8 Å². The van der Waals surface area contributed by atoms with Crippen LogP contribution in [-0.4, -0.2) is 30.6 Å². The summed E-state index contributed by atoms with van der Waals surface area (Å²) in [6.45, 7) is 5.51. The van der Waals surface area contributed by atoms with Crippen LogP contribution in [0, 0.1) is 13.8 Å². The largest absolute Gasteiger partial charge is 0.497 e. The van der Waals surface area contributed by atoms with Gasteiger partial charge in [-0.1, -0.05) is 35.1 Å². The number of benzene rings is 2. The number of fused-ring (bicyclic) bond motifs is 2. The minimum absolute atomic E-state index is 0.0299. The molecule has 9 heteroatoms. The molecule has 0 saturated heterocycles. The Morgan fingerprint density at radius 3 is 2.57 bits per heavy atom. The van der Waals surface area contributed by atoms with Crippen LogP contribution in [0.15, 0.2) is 51.7 Å². The third kappa shape index (κ3) is 3.68. The third-order valence-corrected chi connectivity index (χ3v) is 7.05. The molecule has 8 nitrogen and oxygen atoms in total. The summed E-state index contributed by atoms with van der Waals surface area (Å²) < 4.78 is 16.4. The van der Waals surface area contributed by atoms with Crippen LogP contribution >= 0.6 is 11.3 Å². The van der Waals surface area contributed by atoms with Gasteiger partial charge in [-0.3, -0.25) is 14.5 Å². The number of nitrogens with zero attached hydrogens (tertiary/aromatic N) is 2. The fraction of sp³-hybridized carbons (Fsp3) is 0.231. The highest BCUT2D eigenvalue weighted by Crippen LogP contribution is 2.43. The molecular formula is C26H22N2O6S. The first-order valence-electron chi connectivity index (χ1n) is 11.0. The molecule has 0 bridgehead atoms. The molecule has 1 aliphatic heterocycles. The summed E-state index contributed by atoms with van der Waals surface area (Å²) >= 11 is 1.05. The van der Waals surface area contributed by atoms with E-state index in [9.17, 15) is 14.4 Å². The fourth-order valence-electron chi connectivity index (χ4n) is 4.26. The molecule has 1 aliphatic rings. The zero-order valence-electron chi connectivity index (χ0n) is 19.6. The first-order valence-corrected chi connectivity index (χ1v) is 11.8. The summed E-state index contributed by atoms with van der Waals surface area (Å²) in [7, 11) is 1.56. The Bertz CT molecular complexity index is 1540. The Kier molecular flexibility index (Phi) is 5.64. The van der Waals surface area contributed by atoms with Crippen molar-refractivity contribution in [3.05, 3.63) is 85.7 Å². The van der Waals surface area contributed by atoms with E-state index < -0.39 is 17.9 Å². The maximum Gasteiger partial charge on any atom is 0.350 e. The predicted octanol–water partition coefficient (Wildman–Crippen LogP) is 4.80. The summed E-state index contributed by atoms with van der Waals surface area (Å²) in [5.74, 6) is -0.391. The molecule has 35 heavy (non-hydrogen) atoms. The number of hydrogen-bond acceptors (Lipinski definition) is 8. The van der Waals surface area contributed by atoms with Gasteiger partial charge >= 0.3 is 5.97 Å². The van der Waals surface area contributed by atoms with Crippen LogP contribution in [-0.2, 0) is 4.74 Å². The Balaban J connectivity index is 1.74. The summed E-state index contributed by atoms with van der Waals surface area (Å²) in [5.41, 5.74) is 2.33. The molecule has 178 valence electrons. The maximum atomic E-state index is 13.7. The van der Waals surface area contributed by atoms with Gasteiger partial charge in [0, 0.05) is 0 Å². The van der Waals surface area contributed by atoms with Gasteiger partial charge in [0.1, 0.15) is 16.2 Å². The maximum absolute atomic E-state index is 13.7. The highest BCUT2D eigenvalue weighted by molar-refractivity contribution is 7.17. The summed E-state index contributed by atoms with van der Waals surface area (Å²) in [6, 6.07) is 11.6. The van der Waals surface area contributed by atoms with Crippen molar-refractivity contribution < 1.29 is 23.5 Å². The number of esters is 1. The third-order valence-electron chi connectivity index (χ3n) is 5.91. The second-order valence-electron chi connectivity index (χ2n) is 8.16. The summed E-state index contributed by atoms with van der Waals surface area (Å²) in [5, 5.41) is 0.682. The Morgan fingerprint density at radius 1 is 1.14 bits per heavy atom. The van der Waals surface area contributed by atoms with Gasteiger partial charge < -0.3 is 13.9 Å². The van der Waals surface area contributed by atoms with E-state index in [-0.39, 0.29) is 28.5 Å². The normalized spacial score (nSPS) is 14.9. The average molecular weight is 491 g/mol. The van der Waals surface area contributed by atoms with Crippen LogP contribution in [0.4, 0.5) is 5.13 Å². The average Bonchev–Trinajstić information content (AvgIpc) is 3.37. The number of anilines is 1. The van der Waals surface area contributed by atoms with Gasteiger partial charge in [-0.25, -0.2) is 9.78 Å². The molecule has 3 heterocycles. The van der Waals surface area contributed by atoms with E-state index in [1.165, 1.54) is 4.90 Å². The second-order valence-corrected chi connectivity index (χ2v) is 9.13. The Morgan fingerprint density at radius 2 is 1.89 bits per heavy atom. The van der Waals surface area contributed by atoms with Crippen molar-refractivity contribution in [1.29, 1.82) is 0 Å². The standard InChI is InChI=1S/C26H22N2O6S/c1-5-33-25(31)23-14(3)27-26(35-23)28-20(15-7-9-16(32-4)10-8-15)19-21(29)17-12-13(2)6-11-18(17)34-22(19)24(28)30/h6-12,20H,5H2,1-4H3. The lowest BCUT2D eigenvalue weighted by atomic mass is 9.98. The van der Waals surface area contributed by atoms with Gasteiger partial charge in [0.2, 0.25) is 5.76 Å². The molecule has 1 amide bonds. The van der Waals surface area contributed by atoms with E-state index in [1.54, 1.807) is 57.4 Å². The molecule has 0 spiro atoms. The van der Waals surface area contributed by atoms with Crippen LogP contribution in [0.1, 0.15) is 55.6 Å². The number of hydrogen-bond donors (Lipinski definition) is 0. The van der Waals surface area contributed by atoms with E-state index in [2.05, 4.69) is 4.98 Å². The lowest BCUT2D eigenvalue weighted by molar-refractivity contribution is 0.0531. The number of aromatic nitrogens is 1. The van der Waals surface area contributed by atoms with Crippen molar-refractivity contribution in [3.8, 4) is 5.75 Å². The van der Waals surface area contributed by atoms with Gasteiger partial charge in [0.15, 0.2) is 10.6 Å². The summed E-state index contributed by atoms with van der Waals surface area (Å²) in [6.07, 6.45) is 0. The van der Waals surface area contributed by atoms with Crippen molar-refractivity contribution in [2.24, 2.45) is 0 Å². The van der Waals surface area contributed by atoms with Gasteiger partial charge in [-0.2, -0.15) is 0 Å². The van der Waals surface area contributed by atoms with Crippen molar-refractivity contribution >= 4 is 39.3 Å². The van der Waals surface area contributed by atoms with Gasteiger partial charge in [-0.05, 0) is 50.6 Å². The molecule has 1 unspecified atom stereocenters. The first kappa shape index (κ1) is 22.8. The Hall–Kier alpha value is -3.98. The number of amides is 1. The topological polar surface area (TPSA) is 98.9 Å². The van der Waals surface area contributed by atoms with E-state index in [4.69, 9.17) is 13.9 Å². The Labute approximate surface area is 204 Å². The van der Waals surface area contributed by atoms with Gasteiger partial charge in [0.05, 0.1) is 36.4 Å². The van der Waals surface area contributed by atoms with E-state index >= 15 is 0 Å². The number of ether oxygens (including phenoxy) is 2. The molecule has 5 rings (SSSR count). The fourth-order valence-corrected chi connectivity index (χ4v) is 5.24. The van der Waals surface area contributed by atoms with Crippen LogP contribution in [0.2, 0.25) is 0 Å². The molecule has 0 N–H and O–H groups in total. The molecule has 0 fully saturated rings. The minimum Gasteiger partial charge on any atom is -0.497 e. The van der Waals surface area contributed by atoms with Crippen molar-refractivity contribution in [2.75, 3.05) is 18.6 Å². The molecule has 2 aromatic carbocycles. The molecular weight excluding hydrogens is 468 g/mol. The number of carbonyl (C=O) groups excluding carboxylic acids is 2. The molecule has 0 saturated carbocycles. The van der Waals surface area contributed by atoms with Crippen molar-refractivity contribution in [1.82, 2.24) is 4.98 Å². The molecule has 4 aromatic rings. The van der Waals surface area contributed by atoms with Gasteiger partial charge in [0.25, 0.3) is 5.91 Å². The zero-order chi connectivity index (χ0) is 24.9. The number of rotatable bonds is 5. The molecule has 0 radical (unpaired) electrons. The smallest absolute Gasteiger partial charge is 0.350 e. The van der Waals surface area contributed by atoms with Crippen LogP contribution in [0.5, 0.6) is 5.75 Å². The molecule has 0 aliphatic carbocycles. The van der Waals surface area contributed by atoms with Gasteiger partial charge in [-0.15, -0.1) is 0 Å². The highest BCUT2D eigenvalue weighted by Gasteiger charge is 2.45. The zero-order valence-corrected chi connectivity index (χ0v) is 20.4. The van der Waals surface area contributed by atoms with Crippen molar-refractivity contribution in [3.63, 3.8) is 0 Å². The monoisotopic (exact) mass is 490 g/mol. The van der Waals surface area contributed by atoms with E-state index in [0.717, 1.165) is 16.9 Å². The van der Waals surface area contributed by atoms with Crippen LogP contribution in [0.25, 0.3) is 11.0 Å². The number of aryl methyl sites for hydroxylation is 2. The SMILES string of the molecule is CCOC(=O)c1sc(N2C(=O)c3oc4ccc(C)cc4c(=O)c3C2c2ccc(OC)cc2)nc1C. The van der Waals surface area contributed by atoms with Crippen LogP contribution < -0.4 is 15.1 Å². The number of carbonyl (C=O) groups is 2. The molecule has 1 atom stereocenters. The molecule has 2 aromatic heterocycles. The van der Waals surface area contributed by atoms with E-state index in [1.807, 2.05) is 13.0 Å². The van der Waals surface area contributed by atoms with E-state index in [0.29, 0.717) is 32.9 Å². The lowest BCUT2D eigenvalue weighted by Crippen LogP contribution is -2.29. The summed E-state index contributed by atoms with van der Waals surface area (Å²) in [4.78, 5) is 46.1. The second kappa shape index (κ2) is 8.66.